The molecule has 0 aliphatic rings. The number of alkyl halides is 2. The second-order valence-corrected chi connectivity index (χ2v) is 5.64. The standard InChI is InChI=1S/C18H17F2N5O2/c1-27-16-7-6-13(10-22-16)25-15(8-14(24-25)17(19)20)12-4-2-11(3-5-12)9-23-18(21)26/h2-8,10,17H,9H2,1H3,(H3,21,23,26). The van der Waals surface area contributed by atoms with Crippen molar-refractivity contribution in [3.63, 3.8) is 0 Å². The molecule has 0 fully saturated rings. The van der Waals surface area contributed by atoms with E-state index in [-0.39, 0.29) is 12.2 Å². The van der Waals surface area contributed by atoms with Crippen molar-refractivity contribution in [1.29, 1.82) is 0 Å². The third-order valence-electron chi connectivity index (χ3n) is 3.84. The molecule has 2 amide bonds. The van der Waals surface area contributed by atoms with Gasteiger partial charge >= 0.3 is 6.03 Å². The Labute approximate surface area is 153 Å². The van der Waals surface area contributed by atoms with Crippen LogP contribution in [0.4, 0.5) is 13.6 Å². The number of nitrogens with zero attached hydrogens (tertiary/aromatic N) is 3. The fraction of sp³-hybridized carbons (Fsp3) is 0.167. The highest BCUT2D eigenvalue weighted by molar-refractivity contribution is 5.71. The number of carbonyl (C=O) groups is 1. The number of hydrogen-bond donors (Lipinski definition) is 2. The average molecular weight is 373 g/mol. The topological polar surface area (TPSA) is 95.1 Å². The van der Waals surface area contributed by atoms with Gasteiger partial charge in [-0.15, -0.1) is 0 Å². The molecule has 0 spiro atoms. The maximum Gasteiger partial charge on any atom is 0.312 e. The van der Waals surface area contributed by atoms with Crippen molar-refractivity contribution in [2.75, 3.05) is 7.11 Å². The van der Waals surface area contributed by atoms with Crippen LogP contribution < -0.4 is 15.8 Å². The highest BCUT2D eigenvalue weighted by Crippen LogP contribution is 2.28. The number of hydrogen-bond acceptors (Lipinski definition) is 4. The molecule has 9 heteroatoms. The van der Waals surface area contributed by atoms with Gasteiger partial charge in [0.2, 0.25) is 5.88 Å². The zero-order valence-electron chi connectivity index (χ0n) is 14.4. The van der Waals surface area contributed by atoms with Gasteiger partial charge in [-0.05, 0) is 17.7 Å². The number of aromatic nitrogens is 3. The molecule has 2 aromatic heterocycles. The van der Waals surface area contributed by atoms with Crippen LogP contribution in [-0.2, 0) is 6.54 Å². The molecule has 3 N–H and O–H groups in total. The van der Waals surface area contributed by atoms with Gasteiger partial charge in [-0.3, -0.25) is 0 Å². The number of ether oxygens (including phenoxy) is 1. The van der Waals surface area contributed by atoms with Crippen LogP contribution in [0.1, 0.15) is 17.7 Å². The second-order valence-electron chi connectivity index (χ2n) is 5.64. The molecule has 140 valence electrons. The summed E-state index contributed by atoms with van der Waals surface area (Å²) in [5.41, 5.74) is 7.25. The number of nitrogens with one attached hydrogen (secondary N) is 1. The van der Waals surface area contributed by atoms with Gasteiger partial charge in [-0.1, -0.05) is 24.3 Å². The summed E-state index contributed by atoms with van der Waals surface area (Å²) < 4.78 is 32.8. The highest BCUT2D eigenvalue weighted by atomic mass is 19.3. The molecular formula is C18H17F2N5O2. The lowest BCUT2D eigenvalue weighted by molar-refractivity contribution is 0.145. The van der Waals surface area contributed by atoms with Crippen molar-refractivity contribution in [2.24, 2.45) is 5.73 Å². The third kappa shape index (κ3) is 4.20. The van der Waals surface area contributed by atoms with E-state index in [1.54, 1.807) is 36.4 Å². The van der Waals surface area contributed by atoms with Crippen molar-refractivity contribution < 1.29 is 18.3 Å². The molecule has 7 nitrogen and oxygen atoms in total. The highest BCUT2D eigenvalue weighted by Gasteiger charge is 2.18. The lowest BCUT2D eigenvalue weighted by Crippen LogP contribution is -2.28. The maximum atomic E-state index is 13.2. The number of pyridine rings is 1. The largest absolute Gasteiger partial charge is 0.481 e. The first-order valence-corrected chi connectivity index (χ1v) is 7.99. The summed E-state index contributed by atoms with van der Waals surface area (Å²) >= 11 is 0. The number of rotatable bonds is 6. The number of primary amides is 1. The molecule has 1 aromatic carbocycles. The van der Waals surface area contributed by atoms with Crippen LogP contribution in [0.3, 0.4) is 0 Å². The maximum absolute atomic E-state index is 13.2. The quantitative estimate of drug-likeness (QED) is 0.694. The Balaban J connectivity index is 1.97. The molecule has 0 atom stereocenters. The molecule has 0 radical (unpaired) electrons. The number of methoxy groups -OCH3 is 1. The van der Waals surface area contributed by atoms with E-state index >= 15 is 0 Å². The van der Waals surface area contributed by atoms with Gasteiger partial charge in [0, 0.05) is 18.2 Å². The minimum atomic E-state index is -2.70. The van der Waals surface area contributed by atoms with Crippen molar-refractivity contribution in [2.45, 2.75) is 13.0 Å². The van der Waals surface area contributed by atoms with Crippen LogP contribution in [0, 0.1) is 0 Å². The van der Waals surface area contributed by atoms with Gasteiger partial charge in [0.15, 0.2) is 0 Å². The summed E-state index contributed by atoms with van der Waals surface area (Å²) in [5.74, 6) is 0.410. The minimum absolute atomic E-state index is 0.277. The number of halogens is 2. The number of urea groups is 1. The lowest BCUT2D eigenvalue weighted by Gasteiger charge is -2.09. The van der Waals surface area contributed by atoms with Crippen molar-refractivity contribution in [1.82, 2.24) is 20.1 Å². The van der Waals surface area contributed by atoms with Crippen LogP contribution in [0.25, 0.3) is 16.9 Å². The van der Waals surface area contributed by atoms with Crippen LogP contribution >= 0.6 is 0 Å². The predicted molar refractivity (Wildman–Crippen MR) is 94.7 cm³/mol. The van der Waals surface area contributed by atoms with Crippen LogP contribution in [0.15, 0.2) is 48.7 Å². The normalized spacial score (nSPS) is 10.8. The number of carbonyl (C=O) groups excluding carboxylic acids is 1. The molecule has 0 saturated heterocycles. The van der Waals surface area contributed by atoms with Gasteiger partial charge in [0.1, 0.15) is 5.69 Å². The van der Waals surface area contributed by atoms with E-state index in [1.807, 2.05) is 0 Å². The van der Waals surface area contributed by atoms with Crippen LogP contribution in [0.2, 0.25) is 0 Å². The van der Waals surface area contributed by atoms with E-state index in [9.17, 15) is 13.6 Å². The van der Waals surface area contributed by atoms with Crippen molar-refractivity contribution >= 4 is 6.03 Å². The van der Waals surface area contributed by atoms with E-state index in [0.717, 1.165) is 5.56 Å². The molecule has 0 unspecified atom stereocenters. The smallest absolute Gasteiger partial charge is 0.312 e. The average Bonchev–Trinajstić information content (AvgIpc) is 3.12. The van der Waals surface area contributed by atoms with Gasteiger partial charge in [-0.25, -0.2) is 23.2 Å². The van der Waals surface area contributed by atoms with Crippen molar-refractivity contribution in [3.8, 4) is 22.8 Å². The van der Waals surface area contributed by atoms with Gasteiger partial charge < -0.3 is 15.8 Å². The molecule has 0 bridgehead atoms. The van der Waals surface area contributed by atoms with Gasteiger partial charge in [0.05, 0.1) is 24.7 Å². The summed E-state index contributed by atoms with van der Waals surface area (Å²) in [6.45, 7) is 0.277. The van der Waals surface area contributed by atoms with Crippen molar-refractivity contribution in [3.05, 3.63) is 59.9 Å². The van der Waals surface area contributed by atoms with E-state index in [2.05, 4.69) is 15.4 Å². The predicted octanol–water partition coefficient (Wildman–Crippen LogP) is 3.05. The first-order chi connectivity index (χ1) is 13.0. The molecule has 3 rings (SSSR count). The molecule has 0 aliphatic heterocycles. The van der Waals surface area contributed by atoms with E-state index in [1.165, 1.54) is 24.1 Å². The zero-order valence-corrected chi connectivity index (χ0v) is 14.4. The number of amides is 2. The van der Waals surface area contributed by atoms with Crippen LogP contribution in [0.5, 0.6) is 5.88 Å². The molecule has 2 heterocycles. The Morgan fingerprint density at radius 2 is 2.00 bits per heavy atom. The fourth-order valence-corrected chi connectivity index (χ4v) is 2.51. The van der Waals surface area contributed by atoms with Gasteiger partial charge in [0.25, 0.3) is 6.43 Å². The van der Waals surface area contributed by atoms with Crippen LogP contribution in [-0.4, -0.2) is 27.9 Å². The Morgan fingerprint density at radius 1 is 1.26 bits per heavy atom. The van der Waals surface area contributed by atoms with E-state index in [0.29, 0.717) is 22.8 Å². The number of nitrogens with two attached hydrogens (primary N) is 1. The van der Waals surface area contributed by atoms with Gasteiger partial charge in [-0.2, -0.15) is 5.10 Å². The molecule has 0 saturated carbocycles. The molecule has 0 aliphatic carbocycles. The molecular weight excluding hydrogens is 356 g/mol. The summed E-state index contributed by atoms with van der Waals surface area (Å²) in [4.78, 5) is 14.9. The van der Waals surface area contributed by atoms with E-state index in [4.69, 9.17) is 10.5 Å². The monoisotopic (exact) mass is 373 g/mol. The lowest BCUT2D eigenvalue weighted by atomic mass is 10.1. The molecule has 3 aromatic rings. The fourth-order valence-electron chi connectivity index (χ4n) is 2.51. The Bertz CT molecular complexity index is 924. The SMILES string of the molecule is COc1ccc(-n2nc(C(F)F)cc2-c2ccc(CNC(N)=O)cc2)cn1. The Hall–Kier alpha value is -3.49. The third-order valence-corrected chi connectivity index (χ3v) is 3.84. The summed E-state index contributed by atoms with van der Waals surface area (Å²) in [7, 11) is 1.49. The first kappa shape index (κ1) is 18.3. The summed E-state index contributed by atoms with van der Waals surface area (Å²) in [6, 6.07) is 11.1. The number of benzene rings is 1. The molecule has 27 heavy (non-hydrogen) atoms. The summed E-state index contributed by atoms with van der Waals surface area (Å²) in [5, 5.41) is 6.50. The summed E-state index contributed by atoms with van der Waals surface area (Å²) in [6.07, 6.45) is -1.20. The zero-order chi connectivity index (χ0) is 19.4. The minimum Gasteiger partial charge on any atom is -0.481 e. The Kier molecular flexibility index (Phi) is 5.30. The Morgan fingerprint density at radius 3 is 2.56 bits per heavy atom. The first-order valence-electron chi connectivity index (χ1n) is 7.99. The van der Waals surface area contributed by atoms with E-state index < -0.39 is 12.5 Å². The second kappa shape index (κ2) is 7.81.